The summed E-state index contributed by atoms with van der Waals surface area (Å²) in [6, 6.07) is 7.77. The summed E-state index contributed by atoms with van der Waals surface area (Å²) in [4.78, 5) is 11.5. The molecule has 4 aliphatic rings. The smallest absolute Gasteiger partial charge is 0.159 e. The molecule has 6 rings (SSSR count). The van der Waals surface area contributed by atoms with Crippen LogP contribution in [0.3, 0.4) is 0 Å². The molecule has 0 amide bonds. The van der Waals surface area contributed by atoms with Crippen LogP contribution in [0, 0.1) is 17.8 Å². The molecular formula is C20H23N3O. The minimum atomic E-state index is 0.0986. The fourth-order valence-corrected chi connectivity index (χ4v) is 6.05. The van der Waals surface area contributed by atoms with Crippen molar-refractivity contribution in [3.63, 3.8) is 0 Å². The summed E-state index contributed by atoms with van der Waals surface area (Å²) in [7, 11) is 0. The summed E-state index contributed by atoms with van der Waals surface area (Å²) < 4.78 is 2.02. The maximum atomic E-state index is 11.5. The van der Waals surface area contributed by atoms with Gasteiger partial charge in [-0.25, -0.2) is 4.68 Å². The van der Waals surface area contributed by atoms with Crippen molar-refractivity contribution in [1.29, 1.82) is 0 Å². The van der Waals surface area contributed by atoms with E-state index in [-0.39, 0.29) is 11.2 Å². The SMILES string of the molecule is CC(=O)c1ccc(-n2nncc2C23CC4CC(CC(C4)C2)C3)cc1. The number of carbonyl (C=O) groups excluding carboxylic acids is 1. The monoisotopic (exact) mass is 321 g/mol. The van der Waals surface area contributed by atoms with Crippen molar-refractivity contribution in [2.24, 2.45) is 17.8 Å². The lowest BCUT2D eigenvalue weighted by atomic mass is 9.49. The van der Waals surface area contributed by atoms with Gasteiger partial charge in [-0.2, -0.15) is 0 Å². The third-order valence-corrected chi connectivity index (χ3v) is 6.65. The van der Waals surface area contributed by atoms with Gasteiger partial charge in [-0.15, -0.1) is 5.10 Å². The molecule has 0 radical (unpaired) electrons. The van der Waals surface area contributed by atoms with Crippen LogP contribution < -0.4 is 0 Å². The highest BCUT2D eigenvalue weighted by atomic mass is 16.1. The Morgan fingerprint density at radius 1 is 1.04 bits per heavy atom. The number of ketones is 1. The molecule has 4 aliphatic carbocycles. The Labute approximate surface area is 142 Å². The van der Waals surface area contributed by atoms with E-state index in [1.165, 1.54) is 44.2 Å². The molecule has 0 saturated heterocycles. The molecule has 4 bridgehead atoms. The van der Waals surface area contributed by atoms with Gasteiger partial charge in [-0.1, -0.05) is 5.21 Å². The molecule has 0 unspecified atom stereocenters. The third-order valence-electron chi connectivity index (χ3n) is 6.65. The lowest BCUT2D eigenvalue weighted by Gasteiger charge is -2.56. The number of hydrogen-bond donors (Lipinski definition) is 0. The number of nitrogens with zero attached hydrogens (tertiary/aromatic N) is 3. The summed E-state index contributed by atoms with van der Waals surface area (Å²) in [5.74, 6) is 2.81. The van der Waals surface area contributed by atoms with E-state index in [0.29, 0.717) is 0 Å². The van der Waals surface area contributed by atoms with Crippen LogP contribution in [0.15, 0.2) is 30.5 Å². The Bertz CT molecular complexity index is 754. The lowest BCUT2D eigenvalue weighted by Crippen LogP contribution is -2.49. The number of aromatic nitrogens is 3. The highest BCUT2D eigenvalue weighted by Crippen LogP contribution is 2.60. The van der Waals surface area contributed by atoms with E-state index in [9.17, 15) is 4.79 Å². The van der Waals surface area contributed by atoms with Gasteiger partial charge in [0, 0.05) is 11.0 Å². The average molecular weight is 321 g/mol. The lowest BCUT2D eigenvalue weighted by molar-refractivity contribution is -0.00828. The van der Waals surface area contributed by atoms with E-state index in [1.807, 2.05) is 35.1 Å². The van der Waals surface area contributed by atoms with Gasteiger partial charge in [-0.05, 0) is 87.5 Å². The molecule has 24 heavy (non-hydrogen) atoms. The Kier molecular flexibility index (Phi) is 3.00. The first-order valence-corrected chi connectivity index (χ1v) is 9.15. The summed E-state index contributed by atoms with van der Waals surface area (Å²) >= 11 is 0. The second kappa shape index (κ2) is 5.01. The Morgan fingerprint density at radius 2 is 1.62 bits per heavy atom. The van der Waals surface area contributed by atoms with Crippen LogP contribution in [0.2, 0.25) is 0 Å². The highest BCUT2D eigenvalue weighted by Gasteiger charge is 2.53. The van der Waals surface area contributed by atoms with Crippen molar-refractivity contribution in [2.75, 3.05) is 0 Å². The molecule has 1 aromatic heterocycles. The maximum Gasteiger partial charge on any atom is 0.159 e. The van der Waals surface area contributed by atoms with Crippen molar-refractivity contribution >= 4 is 5.78 Å². The van der Waals surface area contributed by atoms with Crippen LogP contribution >= 0.6 is 0 Å². The number of rotatable bonds is 3. The topological polar surface area (TPSA) is 47.8 Å². The third kappa shape index (κ3) is 2.08. The molecule has 4 saturated carbocycles. The van der Waals surface area contributed by atoms with Crippen molar-refractivity contribution in [3.05, 3.63) is 41.7 Å². The van der Waals surface area contributed by atoms with E-state index in [2.05, 4.69) is 10.3 Å². The van der Waals surface area contributed by atoms with Crippen LogP contribution in [0.5, 0.6) is 0 Å². The minimum absolute atomic E-state index is 0.0986. The zero-order valence-corrected chi connectivity index (χ0v) is 14.1. The summed E-state index contributed by atoms with van der Waals surface area (Å²) in [6.07, 6.45) is 10.2. The Balaban J connectivity index is 1.55. The number of benzene rings is 1. The van der Waals surface area contributed by atoms with E-state index >= 15 is 0 Å². The van der Waals surface area contributed by atoms with Crippen LogP contribution in [0.4, 0.5) is 0 Å². The number of carbonyl (C=O) groups is 1. The molecule has 4 fully saturated rings. The molecule has 0 atom stereocenters. The van der Waals surface area contributed by atoms with Crippen LogP contribution in [0.25, 0.3) is 5.69 Å². The highest BCUT2D eigenvalue weighted by molar-refractivity contribution is 5.94. The second-order valence-electron chi connectivity index (χ2n) is 8.33. The Hall–Kier alpha value is -1.97. The zero-order valence-electron chi connectivity index (χ0n) is 14.1. The van der Waals surface area contributed by atoms with Gasteiger partial charge in [0.15, 0.2) is 5.78 Å². The zero-order chi connectivity index (χ0) is 16.3. The van der Waals surface area contributed by atoms with Crippen LogP contribution in [0.1, 0.15) is 61.5 Å². The number of Topliss-reactive ketones (excluding diaryl/α,β-unsaturated/α-hetero) is 1. The summed E-state index contributed by atoms with van der Waals surface area (Å²) in [6.45, 7) is 1.60. The van der Waals surface area contributed by atoms with Gasteiger partial charge < -0.3 is 0 Å². The van der Waals surface area contributed by atoms with Crippen LogP contribution in [-0.4, -0.2) is 20.8 Å². The molecule has 124 valence electrons. The summed E-state index contributed by atoms with van der Waals surface area (Å²) in [5.41, 5.74) is 3.33. The first-order valence-electron chi connectivity index (χ1n) is 9.15. The fraction of sp³-hybridized carbons (Fsp3) is 0.550. The van der Waals surface area contributed by atoms with Crippen LogP contribution in [-0.2, 0) is 5.41 Å². The molecule has 2 aromatic rings. The van der Waals surface area contributed by atoms with E-state index in [1.54, 1.807) is 6.92 Å². The van der Waals surface area contributed by atoms with Crippen molar-refractivity contribution < 1.29 is 4.79 Å². The fourth-order valence-electron chi connectivity index (χ4n) is 6.05. The van der Waals surface area contributed by atoms with Crippen molar-refractivity contribution in [3.8, 4) is 5.69 Å². The normalized spacial score (nSPS) is 33.8. The molecular weight excluding hydrogens is 298 g/mol. The average Bonchev–Trinajstić information content (AvgIpc) is 3.04. The van der Waals surface area contributed by atoms with Gasteiger partial charge in [0.2, 0.25) is 0 Å². The molecule has 0 N–H and O–H groups in total. The van der Waals surface area contributed by atoms with E-state index < -0.39 is 0 Å². The Morgan fingerprint density at radius 3 is 2.17 bits per heavy atom. The predicted octanol–water partition coefficient (Wildman–Crippen LogP) is 3.94. The van der Waals surface area contributed by atoms with Gasteiger partial charge in [0.25, 0.3) is 0 Å². The molecule has 1 heterocycles. The molecule has 0 aliphatic heterocycles. The summed E-state index contributed by atoms with van der Waals surface area (Å²) in [5, 5.41) is 8.66. The van der Waals surface area contributed by atoms with Gasteiger partial charge in [0.1, 0.15) is 0 Å². The molecule has 4 nitrogen and oxygen atoms in total. The number of hydrogen-bond acceptors (Lipinski definition) is 3. The van der Waals surface area contributed by atoms with Gasteiger partial charge in [-0.3, -0.25) is 4.79 Å². The maximum absolute atomic E-state index is 11.5. The van der Waals surface area contributed by atoms with Gasteiger partial charge >= 0.3 is 0 Å². The predicted molar refractivity (Wildman–Crippen MR) is 91.2 cm³/mol. The van der Waals surface area contributed by atoms with Crippen molar-refractivity contribution in [2.45, 2.75) is 50.9 Å². The quantitative estimate of drug-likeness (QED) is 0.805. The minimum Gasteiger partial charge on any atom is -0.295 e. The molecule has 4 heteroatoms. The largest absolute Gasteiger partial charge is 0.295 e. The second-order valence-corrected chi connectivity index (χ2v) is 8.33. The van der Waals surface area contributed by atoms with E-state index in [4.69, 9.17) is 0 Å². The standard InChI is InChI=1S/C20H23N3O/c1-13(24)17-2-4-18(5-3-17)23-19(12-21-22-23)20-9-14-6-15(10-20)8-16(7-14)11-20/h2-5,12,14-16H,6-11H2,1H3. The van der Waals surface area contributed by atoms with Crippen molar-refractivity contribution in [1.82, 2.24) is 15.0 Å². The van der Waals surface area contributed by atoms with Gasteiger partial charge in [0.05, 0.1) is 17.6 Å². The first-order chi connectivity index (χ1) is 11.6. The van der Waals surface area contributed by atoms with E-state index in [0.717, 1.165) is 29.0 Å². The molecule has 1 aromatic carbocycles. The first kappa shape index (κ1) is 14.4. The molecule has 0 spiro atoms.